The minimum atomic E-state index is 0.0584. The summed E-state index contributed by atoms with van der Waals surface area (Å²) >= 11 is 0. The quantitative estimate of drug-likeness (QED) is 0.921. The van der Waals surface area contributed by atoms with Crippen LogP contribution in [0.3, 0.4) is 0 Å². The Morgan fingerprint density at radius 2 is 2.35 bits per heavy atom. The summed E-state index contributed by atoms with van der Waals surface area (Å²) in [6.45, 7) is 3.40. The molecule has 0 bridgehead atoms. The third kappa shape index (κ3) is 2.46. The number of aromatic nitrogens is 2. The lowest BCUT2D eigenvalue weighted by Gasteiger charge is -2.20. The highest BCUT2D eigenvalue weighted by atomic mass is 16.5. The number of ether oxygens (including phenoxy) is 2. The normalized spacial score (nSPS) is 15.1. The Balaban J connectivity index is 1.90. The molecule has 2 heterocycles. The lowest BCUT2D eigenvalue weighted by atomic mass is 10.1. The number of fused-ring (bicyclic) bond motifs is 1. The summed E-state index contributed by atoms with van der Waals surface area (Å²) in [7, 11) is 1.67. The van der Waals surface area contributed by atoms with Crippen LogP contribution in [0.15, 0.2) is 22.7 Å². The summed E-state index contributed by atoms with van der Waals surface area (Å²) in [5.74, 6) is 1.88. The summed E-state index contributed by atoms with van der Waals surface area (Å²) < 4.78 is 16.2. The standard InChI is InChI=1S/C14H17N3O3/c1-9(18-2)8-12-16-14(20-17-12)10-4-3-5-11-13(10)19-7-6-15-11/h3-5,9,15H,6-8H2,1-2H3. The van der Waals surface area contributed by atoms with E-state index in [1.165, 1.54) is 0 Å². The fourth-order valence-corrected chi connectivity index (χ4v) is 2.13. The monoisotopic (exact) mass is 275 g/mol. The van der Waals surface area contributed by atoms with Crippen molar-refractivity contribution in [2.24, 2.45) is 0 Å². The molecule has 1 unspecified atom stereocenters. The van der Waals surface area contributed by atoms with Gasteiger partial charge in [0.2, 0.25) is 0 Å². The first-order valence-corrected chi connectivity index (χ1v) is 6.63. The maximum Gasteiger partial charge on any atom is 0.261 e. The predicted octanol–water partition coefficient (Wildman–Crippen LogP) is 2.12. The van der Waals surface area contributed by atoms with Crippen LogP contribution in [0.2, 0.25) is 0 Å². The van der Waals surface area contributed by atoms with Gasteiger partial charge in [0.05, 0.1) is 17.4 Å². The number of hydrogen-bond acceptors (Lipinski definition) is 6. The minimum absolute atomic E-state index is 0.0584. The highest BCUT2D eigenvalue weighted by Crippen LogP contribution is 2.37. The second-order valence-corrected chi connectivity index (χ2v) is 4.72. The number of nitrogens with one attached hydrogen (secondary N) is 1. The maximum absolute atomic E-state index is 5.71. The molecule has 0 aliphatic carbocycles. The van der Waals surface area contributed by atoms with Crippen molar-refractivity contribution in [3.05, 3.63) is 24.0 Å². The van der Waals surface area contributed by atoms with Gasteiger partial charge in [0.25, 0.3) is 5.89 Å². The summed E-state index contributed by atoms with van der Waals surface area (Å²) in [4.78, 5) is 4.41. The second-order valence-electron chi connectivity index (χ2n) is 4.72. The zero-order valence-electron chi connectivity index (χ0n) is 11.5. The smallest absolute Gasteiger partial charge is 0.261 e. The molecule has 3 rings (SSSR count). The minimum Gasteiger partial charge on any atom is -0.489 e. The average molecular weight is 275 g/mol. The molecule has 1 aliphatic rings. The Hall–Kier alpha value is -2.08. The van der Waals surface area contributed by atoms with Gasteiger partial charge in [-0.25, -0.2) is 0 Å². The predicted molar refractivity (Wildman–Crippen MR) is 73.9 cm³/mol. The lowest BCUT2D eigenvalue weighted by molar-refractivity contribution is 0.116. The third-order valence-corrected chi connectivity index (χ3v) is 3.25. The first-order valence-electron chi connectivity index (χ1n) is 6.63. The van der Waals surface area contributed by atoms with E-state index in [9.17, 15) is 0 Å². The molecule has 20 heavy (non-hydrogen) atoms. The van der Waals surface area contributed by atoms with Crippen molar-refractivity contribution in [2.75, 3.05) is 25.6 Å². The number of nitrogens with zero attached hydrogens (tertiary/aromatic N) is 2. The average Bonchev–Trinajstić information content (AvgIpc) is 2.94. The second kappa shape index (κ2) is 5.50. The van der Waals surface area contributed by atoms with E-state index in [1.54, 1.807) is 7.11 Å². The van der Waals surface area contributed by atoms with Gasteiger partial charge in [0.15, 0.2) is 11.6 Å². The van der Waals surface area contributed by atoms with Gasteiger partial charge >= 0.3 is 0 Å². The van der Waals surface area contributed by atoms with Crippen molar-refractivity contribution in [2.45, 2.75) is 19.4 Å². The van der Waals surface area contributed by atoms with Gasteiger partial charge in [-0.1, -0.05) is 11.2 Å². The SMILES string of the molecule is COC(C)Cc1noc(-c2cccc3c2OCCN3)n1. The van der Waals surface area contributed by atoms with E-state index in [0.29, 0.717) is 24.7 Å². The van der Waals surface area contributed by atoms with Crippen molar-refractivity contribution >= 4 is 5.69 Å². The fraction of sp³-hybridized carbons (Fsp3) is 0.429. The molecule has 1 aromatic heterocycles. The number of benzene rings is 1. The zero-order valence-corrected chi connectivity index (χ0v) is 11.5. The third-order valence-electron chi connectivity index (χ3n) is 3.25. The zero-order chi connectivity index (χ0) is 13.9. The van der Waals surface area contributed by atoms with Gasteiger partial charge in [0.1, 0.15) is 6.61 Å². The highest BCUT2D eigenvalue weighted by Gasteiger charge is 2.20. The van der Waals surface area contributed by atoms with Gasteiger partial charge in [-0.2, -0.15) is 4.98 Å². The van der Waals surface area contributed by atoms with E-state index >= 15 is 0 Å². The van der Waals surface area contributed by atoms with E-state index < -0.39 is 0 Å². The number of para-hydroxylation sites is 1. The topological polar surface area (TPSA) is 69.4 Å². The molecule has 0 spiro atoms. The molecule has 1 N–H and O–H groups in total. The van der Waals surface area contributed by atoms with Crippen LogP contribution >= 0.6 is 0 Å². The van der Waals surface area contributed by atoms with Crippen LogP contribution in [-0.2, 0) is 11.2 Å². The highest BCUT2D eigenvalue weighted by molar-refractivity contribution is 5.74. The van der Waals surface area contributed by atoms with Crippen molar-refractivity contribution in [1.82, 2.24) is 10.1 Å². The van der Waals surface area contributed by atoms with Crippen LogP contribution in [0.25, 0.3) is 11.5 Å². The molecule has 0 saturated heterocycles. The summed E-state index contributed by atoms with van der Waals surface area (Å²) in [5, 5.41) is 7.27. The van der Waals surface area contributed by atoms with Crippen LogP contribution in [-0.4, -0.2) is 36.5 Å². The van der Waals surface area contributed by atoms with E-state index in [-0.39, 0.29) is 6.10 Å². The molecule has 0 radical (unpaired) electrons. The van der Waals surface area contributed by atoms with E-state index in [0.717, 1.165) is 23.5 Å². The Morgan fingerprint density at radius 3 is 3.20 bits per heavy atom. The van der Waals surface area contributed by atoms with Gasteiger partial charge in [-0.3, -0.25) is 0 Å². The maximum atomic E-state index is 5.71. The molecule has 0 fully saturated rings. The number of rotatable bonds is 4. The fourth-order valence-electron chi connectivity index (χ4n) is 2.13. The molecule has 0 saturated carbocycles. The van der Waals surface area contributed by atoms with Crippen LogP contribution in [0.5, 0.6) is 5.75 Å². The van der Waals surface area contributed by atoms with Gasteiger partial charge in [0, 0.05) is 20.1 Å². The summed E-state index contributed by atoms with van der Waals surface area (Å²) in [5.41, 5.74) is 1.78. The largest absolute Gasteiger partial charge is 0.489 e. The van der Waals surface area contributed by atoms with Crippen molar-refractivity contribution in [3.63, 3.8) is 0 Å². The first kappa shape index (κ1) is 12.9. The molecular weight excluding hydrogens is 258 g/mol. The molecule has 106 valence electrons. The molecule has 1 aromatic carbocycles. The Morgan fingerprint density at radius 1 is 1.45 bits per heavy atom. The lowest BCUT2D eigenvalue weighted by Crippen LogP contribution is -2.18. The van der Waals surface area contributed by atoms with E-state index in [1.807, 2.05) is 25.1 Å². The molecular formula is C14H17N3O3. The van der Waals surface area contributed by atoms with Crippen LogP contribution in [0.1, 0.15) is 12.7 Å². The molecule has 1 aliphatic heterocycles. The summed E-state index contributed by atoms with van der Waals surface area (Å²) in [6.07, 6.45) is 0.678. The first-order chi connectivity index (χ1) is 9.78. The van der Waals surface area contributed by atoms with Crippen LogP contribution in [0.4, 0.5) is 5.69 Å². The van der Waals surface area contributed by atoms with Crippen LogP contribution in [0, 0.1) is 0 Å². The molecule has 6 nitrogen and oxygen atoms in total. The molecule has 0 amide bonds. The number of hydrogen-bond donors (Lipinski definition) is 1. The Kier molecular flexibility index (Phi) is 3.56. The van der Waals surface area contributed by atoms with Crippen molar-refractivity contribution < 1.29 is 14.0 Å². The molecule has 2 aromatic rings. The molecule has 1 atom stereocenters. The summed E-state index contributed by atoms with van der Waals surface area (Å²) in [6, 6.07) is 5.84. The van der Waals surface area contributed by atoms with E-state index in [4.69, 9.17) is 14.0 Å². The van der Waals surface area contributed by atoms with Crippen LogP contribution < -0.4 is 10.1 Å². The van der Waals surface area contributed by atoms with Crippen molar-refractivity contribution in [3.8, 4) is 17.2 Å². The van der Waals surface area contributed by atoms with Crippen molar-refractivity contribution in [1.29, 1.82) is 0 Å². The van der Waals surface area contributed by atoms with Gasteiger partial charge in [-0.05, 0) is 19.1 Å². The van der Waals surface area contributed by atoms with Gasteiger partial charge in [-0.15, -0.1) is 0 Å². The Labute approximate surface area is 117 Å². The Bertz CT molecular complexity index is 597. The number of anilines is 1. The van der Waals surface area contributed by atoms with E-state index in [2.05, 4.69) is 15.5 Å². The molecule has 6 heteroatoms. The van der Waals surface area contributed by atoms with Gasteiger partial charge < -0.3 is 19.3 Å². The number of methoxy groups -OCH3 is 1.